The van der Waals surface area contributed by atoms with Crippen LogP contribution in [0.4, 0.5) is 4.79 Å². The van der Waals surface area contributed by atoms with Crippen LogP contribution in [0.1, 0.15) is 52.7 Å². The van der Waals surface area contributed by atoms with Gasteiger partial charge in [0.15, 0.2) is 0 Å². The van der Waals surface area contributed by atoms with Crippen molar-refractivity contribution in [3.05, 3.63) is 65.7 Å². The summed E-state index contributed by atoms with van der Waals surface area (Å²) in [6.07, 6.45) is -0.742. The number of nitrogens with one attached hydrogen (secondary N) is 2. The number of benzene rings is 2. The third kappa shape index (κ3) is 11.3. The molecule has 0 aliphatic rings. The Morgan fingerprint density at radius 2 is 1.43 bits per heavy atom. The van der Waals surface area contributed by atoms with E-state index < -0.39 is 42.3 Å². The molecule has 2 aromatic rings. The zero-order chi connectivity index (χ0) is 27.6. The highest BCUT2D eigenvalue weighted by Gasteiger charge is 2.30. The minimum absolute atomic E-state index is 0.00188. The fourth-order valence-electron chi connectivity index (χ4n) is 3.22. The molecule has 3 N–H and O–H groups in total. The second kappa shape index (κ2) is 13.1. The van der Waals surface area contributed by atoms with E-state index in [4.69, 9.17) is 14.2 Å². The van der Waals surface area contributed by atoms with Crippen molar-refractivity contribution in [1.29, 1.82) is 0 Å². The Balaban J connectivity index is 2.07. The van der Waals surface area contributed by atoms with Crippen molar-refractivity contribution in [2.45, 2.75) is 77.9 Å². The zero-order valence-electron chi connectivity index (χ0n) is 22.4. The fraction of sp³-hybridized carbons (Fsp3) is 0.464. The highest BCUT2D eigenvalue weighted by molar-refractivity contribution is 5.90. The monoisotopic (exact) mass is 514 g/mol. The van der Waals surface area contributed by atoms with E-state index in [2.05, 4.69) is 10.6 Å². The van der Waals surface area contributed by atoms with Crippen LogP contribution in [0.3, 0.4) is 0 Å². The molecule has 202 valence electrons. The molecule has 0 saturated carbocycles. The molecule has 2 aromatic carbocycles. The molecule has 2 rings (SSSR count). The lowest BCUT2D eigenvalue weighted by Gasteiger charge is -2.26. The molecule has 0 aliphatic carbocycles. The Morgan fingerprint density at radius 1 is 0.811 bits per heavy atom. The summed E-state index contributed by atoms with van der Waals surface area (Å²) in [5, 5.41) is 14.6. The van der Waals surface area contributed by atoms with Gasteiger partial charge in [-0.05, 0) is 64.8 Å². The van der Waals surface area contributed by atoms with Gasteiger partial charge in [-0.1, -0.05) is 42.5 Å². The van der Waals surface area contributed by atoms with Gasteiger partial charge in [0, 0.05) is 6.42 Å². The first-order valence-electron chi connectivity index (χ1n) is 12.1. The van der Waals surface area contributed by atoms with Crippen molar-refractivity contribution >= 4 is 18.0 Å². The topological polar surface area (TPSA) is 123 Å². The van der Waals surface area contributed by atoms with E-state index in [9.17, 15) is 19.5 Å². The van der Waals surface area contributed by atoms with Gasteiger partial charge in [0.05, 0.1) is 6.61 Å². The van der Waals surface area contributed by atoms with E-state index >= 15 is 0 Å². The summed E-state index contributed by atoms with van der Waals surface area (Å²) in [6.45, 7) is 10.3. The summed E-state index contributed by atoms with van der Waals surface area (Å²) in [5.41, 5.74) is 0.392. The van der Waals surface area contributed by atoms with Gasteiger partial charge < -0.3 is 30.0 Å². The van der Waals surface area contributed by atoms with Crippen molar-refractivity contribution in [3.8, 4) is 5.75 Å². The van der Waals surface area contributed by atoms with Gasteiger partial charge in [-0.3, -0.25) is 4.79 Å². The SMILES string of the molecule is CC(C)(C)OC(=O)[C@H](Cc1ccc(OC(C)(C)C)cc1)NC(=O)[C@H](CO)NC(=O)OCc1ccccc1. The predicted octanol–water partition coefficient (Wildman–Crippen LogP) is 3.52. The molecule has 0 bridgehead atoms. The van der Waals surface area contributed by atoms with Crippen LogP contribution in [0.5, 0.6) is 5.75 Å². The molecule has 0 saturated heterocycles. The highest BCUT2D eigenvalue weighted by atomic mass is 16.6. The van der Waals surface area contributed by atoms with Crippen LogP contribution in [0, 0.1) is 0 Å². The maximum atomic E-state index is 12.9. The van der Waals surface area contributed by atoms with Crippen molar-refractivity contribution in [2.24, 2.45) is 0 Å². The summed E-state index contributed by atoms with van der Waals surface area (Å²) in [7, 11) is 0. The number of esters is 1. The zero-order valence-corrected chi connectivity index (χ0v) is 22.4. The van der Waals surface area contributed by atoms with E-state index in [1.165, 1.54) is 0 Å². The molecule has 9 nitrogen and oxygen atoms in total. The Hall–Kier alpha value is -3.59. The Morgan fingerprint density at radius 3 is 1.97 bits per heavy atom. The average molecular weight is 515 g/mol. The number of ether oxygens (including phenoxy) is 3. The Bertz CT molecular complexity index is 1030. The molecule has 0 heterocycles. The van der Waals surface area contributed by atoms with Crippen LogP contribution in [-0.4, -0.2) is 53.0 Å². The van der Waals surface area contributed by atoms with Gasteiger partial charge in [-0.15, -0.1) is 0 Å². The number of rotatable bonds is 10. The van der Waals surface area contributed by atoms with Crippen LogP contribution < -0.4 is 15.4 Å². The lowest BCUT2D eigenvalue weighted by molar-refractivity contribution is -0.158. The van der Waals surface area contributed by atoms with Gasteiger partial charge in [0.2, 0.25) is 5.91 Å². The number of hydrogen-bond acceptors (Lipinski definition) is 7. The van der Waals surface area contributed by atoms with E-state index in [0.29, 0.717) is 5.75 Å². The van der Waals surface area contributed by atoms with Gasteiger partial charge in [0.1, 0.15) is 35.6 Å². The molecule has 9 heteroatoms. The van der Waals surface area contributed by atoms with Gasteiger partial charge in [0.25, 0.3) is 0 Å². The molecule has 0 aromatic heterocycles. The Labute approximate surface area is 218 Å². The lowest BCUT2D eigenvalue weighted by Crippen LogP contribution is -2.54. The van der Waals surface area contributed by atoms with Crippen LogP contribution in [-0.2, 0) is 32.1 Å². The van der Waals surface area contributed by atoms with Crippen molar-refractivity contribution in [3.63, 3.8) is 0 Å². The van der Waals surface area contributed by atoms with Crippen LogP contribution in [0.25, 0.3) is 0 Å². The van der Waals surface area contributed by atoms with Gasteiger partial charge in [-0.2, -0.15) is 0 Å². The Kier molecular flexibility index (Phi) is 10.5. The number of amides is 2. The third-order valence-corrected chi connectivity index (χ3v) is 4.80. The molecular formula is C28H38N2O7. The standard InChI is InChI=1S/C28H38N2O7/c1-27(2,3)36-21-14-12-19(13-15-21)16-22(25(33)37-28(4,5)6)29-24(32)23(17-31)30-26(34)35-18-20-10-8-7-9-11-20/h7-15,22-23,31H,16-18H2,1-6H3,(H,29,32)(H,30,34)/t22-,23-/m0/s1. The molecule has 0 aliphatic heterocycles. The van der Waals surface area contributed by atoms with E-state index in [-0.39, 0.29) is 18.6 Å². The first-order chi connectivity index (χ1) is 17.3. The maximum absolute atomic E-state index is 12.9. The smallest absolute Gasteiger partial charge is 0.408 e. The minimum atomic E-state index is -1.32. The number of aliphatic hydroxyl groups is 1. The molecule has 0 fully saturated rings. The largest absolute Gasteiger partial charge is 0.488 e. The van der Waals surface area contributed by atoms with Crippen molar-refractivity contribution in [1.82, 2.24) is 10.6 Å². The first kappa shape index (κ1) is 29.6. The number of carbonyl (C=O) groups is 3. The average Bonchev–Trinajstić information content (AvgIpc) is 2.80. The van der Waals surface area contributed by atoms with Gasteiger partial charge >= 0.3 is 12.1 Å². The highest BCUT2D eigenvalue weighted by Crippen LogP contribution is 2.20. The first-order valence-corrected chi connectivity index (χ1v) is 12.1. The molecule has 0 radical (unpaired) electrons. The summed E-state index contributed by atoms with van der Waals surface area (Å²) >= 11 is 0. The molecule has 2 atom stereocenters. The number of aliphatic hydroxyl groups excluding tert-OH is 1. The number of carbonyl (C=O) groups excluding carboxylic acids is 3. The second-order valence-electron chi connectivity index (χ2n) is 10.6. The molecule has 0 spiro atoms. The van der Waals surface area contributed by atoms with Crippen molar-refractivity contribution in [2.75, 3.05) is 6.61 Å². The van der Waals surface area contributed by atoms with E-state index in [0.717, 1.165) is 11.1 Å². The predicted molar refractivity (Wildman–Crippen MR) is 139 cm³/mol. The van der Waals surface area contributed by atoms with Crippen molar-refractivity contribution < 1.29 is 33.7 Å². The number of hydrogen-bond donors (Lipinski definition) is 3. The molecular weight excluding hydrogens is 476 g/mol. The minimum Gasteiger partial charge on any atom is -0.488 e. The summed E-state index contributed by atoms with van der Waals surface area (Å²) in [5.74, 6) is -0.713. The molecule has 0 unspecified atom stereocenters. The fourth-order valence-corrected chi connectivity index (χ4v) is 3.22. The maximum Gasteiger partial charge on any atom is 0.408 e. The summed E-state index contributed by atoms with van der Waals surface area (Å²) in [6, 6.07) is 13.8. The van der Waals surface area contributed by atoms with Crippen LogP contribution in [0.2, 0.25) is 0 Å². The van der Waals surface area contributed by atoms with E-state index in [1.54, 1.807) is 57.2 Å². The number of alkyl carbamates (subject to hydrolysis) is 1. The second-order valence-corrected chi connectivity index (χ2v) is 10.6. The van der Waals surface area contributed by atoms with Gasteiger partial charge in [-0.25, -0.2) is 9.59 Å². The summed E-state index contributed by atoms with van der Waals surface area (Å²) < 4.78 is 16.4. The molecule has 2 amide bonds. The van der Waals surface area contributed by atoms with E-state index in [1.807, 2.05) is 39.0 Å². The van der Waals surface area contributed by atoms with Crippen LogP contribution in [0.15, 0.2) is 54.6 Å². The molecule has 37 heavy (non-hydrogen) atoms. The third-order valence-electron chi connectivity index (χ3n) is 4.80. The normalized spacial score (nSPS) is 13.2. The lowest BCUT2D eigenvalue weighted by atomic mass is 10.0. The quantitative estimate of drug-likeness (QED) is 0.415. The van der Waals surface area contributed by atoms with Crippen LogP contribution >= 0.6 is 0 Å². The summed E-state index contributed by atoms with van der Waals surface area (Å²) in [4.78, 5) is 38.0.